The Kier molecular flexibility index (Phi) is 7.41. The van der Waals surface area contributed by atoms with Gasteiger partial charge in [-0.1, -0.05) is 48.0 Å². The molecular weight excluding hydrogens is 620 g/mol. The topological polar surface area (TPSA) is 101 Å². The van der Waals surface area contributed by atoms with Crippen molar-refractivity contribution in [3.8, 4) is 6.07 Å². The molecule has 2 saturated carbocycles. The molecule has 1 aliphatic heterocycles. The van der Waals surface area contributed by atoms with Crippen molar-refractivity contribution in [1.29, 1.82) is 5.26 Å². The Labute approximate surface area is 267 Å². The van der Waals surface area contributed by atoms with Gasteiger partial charge >= 0.3 is 6.18 Å². The molecule has 236 valence electrons. The normalized spacial score (nSPS) is 18.4. The maximum atomic E-state index is 14.0. The zero-order chi connectivity index (χ0) is 32.2. The van der Waals surface area contributed by atoms with Crippen LogP contribution in [0.2, 0.25) is 5.02 Å². The number of pyridine rings is 2. The van der Waals surface area contributed by atoms with E-state index in [0.717, 1.165) is 23.4 Å². The molecule has 1 unspecified atom stereocenters. The molecular formula is C33H29ClF4N8. The van der Waals surface area contributed by atoms with Gasteiger partial charge in [0.05, 0.1) is 39.6 Å². The van der Waals surface area contributed by atoms with Crippen LogP contribution in [0.3, 0.4) is 0 Å². The van der Waals surface area contributed by atoms with Crippen LogP contribution in [-0.2, 0) is 0 Å². The first-order valence-corrected chi connectivity index (χ1v) is 15.3. The molecule has 0 saturated heterocycles. The van der Waals surface area contributed by atoms with Gasteiger partial charge in [0.1, 0.15) is 6.07 Å². The second-order valence-corrected chi connectivity index (χ2v) is 12.4. The third kappa shape index (κ3) is 5.43. The summed E-state index contributed by atoms with van der Waals surface area (Å²) in [7, 11) is 0. The van der Waals surface area contributed by atoms with Crippen LogP contribution < -0.4 is 21.6 Å². The van der Waals surface area contributed by atoms with E-state index >= 15 is 0 Å². The van der Waals surface area contributed by atoms with Crippen LogP contribution in [0.15, 0.2) is 72.7 Å². The van der Waals surface area contributed by atoms with Crippen LogP contribution in [0.1, 0.15) is 60.2 Å². The quantitative estimate of drug-likeness (QED) is 0.109. The number of aryl methyl sites for hydroxylation is 1. The van der Waals surface area contributed by atoms with Crippen LogP contribution in [0.4, 0.5) is 28.9 Å². The molecule has 2 aromatic heterocycles. The highest BCUT2D eigenvalue weighted by atomic mass is 35.5. The molecule has 2 aliphatic carbocycles. The lowest BCUT2D eigenvalue weighted by Gasteiger charge is -2.28. The number of benzene rings is 2. The number of nitrogens with one attached hydrogen (secondary N) is 4. The molecule has 2 atom stereocenters. The van der Waals surface area contributed by atoms with E-state index in [1.165, 1.54) is 18.5 Å². The lowest BCUT2D eigenvalue weighted by molar-refractivity contribution is -0.195. The van der Waals surface area contributed by atoms with E-state index in [-0.39, 0.29) is 18.9 Å². The molecule has 0 amide bonds. The van der Waals surface area contributed by atoms with Crippen LogP contribution in [-0.4, -0.2) is 26.7 Å². The summed E-state index contributed by atoms with van der Waals surface area (Å²) in [4.78, 5) is 8.44. The first kappa shape index (κ1) is 30.1. The number of alkyl halides is 3. The zero-order valence-corrected chi connectivity index (χ0v) is 25.3. The van der Waals surface area contributed by atoms with Crippen LogP contribution in [0, 0.1) is 30.1 Å². The number of rotatable bonds is 9. The summed E-state index contributed by atoms with van der Waals surface area (Å²) in [5.74, 6) is -0.278. The average molecular weight is 649 g/mol. The molecule has 0 bridgehead atoms. The smallest absolute Gasteiger partial charge is 0.376 e. The van der Waals surface area contributed by atoms with Crippen molar-refractivity contribution in [3.63, 3.8) is 0 Å². The third-order valence-corrected chi connectivity index (χ3v) is 9.21. The molecule has 13 heteroatoms. The predicted octanol–water partition coefficient (Wildman–Crippen LogP) is 7.58. The number of nitriles is 1. The number of fused-ring (bicyclic) bond motifs is 1. The summed E-state index contributed by atoms with van der Waals surface area (Å²) in [6.07, 6.45) is 0.464. The van der Waals surface area contributed by atoms with Crippen LogP contribution in [0.5, 0.6) is 0 Å². The number of hydrogen-bond acceptors (Lipinski definition) is 8. The Balaban J connectivity index is 1.30. The summed E-state index contributed by atoms with van der Waals surface area (Å²) in [6, 6.07) is 17.7. The number of aromatic nitrogens is 2. The second-order valence-electron chi connectivity index (χ2n) is 12.0. The Morgan fingerprint density at radius 2 is 1.87 bits per heavy atom. The van der Waals surface area contributed by atoms with Gasteiger partial charge < -0.3 is 16.1 Å². The highest BCUT2D eigenvalue weighted by molar-refractivity contribution is 6.35. The molecule has 0 radical (unpaired) electrons. The average Bonchev–Trinajstić information content (AvgIpc) is 3.97. The van der Waals surface area contributed by atoms with Crippen LogP contribution in [0.25, 0.3) is 10.9 Å². The Hall–Kier alpha value is -4.60. The lowest BCUT2D eigenvalue weighted by atomic mass is 10.00. The van der Waals surface area contributed by atoms with Crippen molar-refractivity contribution in [3.05, 3.63) is 106 Å². The number of halogens is 5. The van der Waals surface area contributed by atoms with E-state index in [2.05, 4.69) is 49.8 Å². The van der Waals surface area contributed by atoms with E-state index in [0.29, 0.717) is 55.7 Å². The summed E-state index contributed by atoms with van der Waals surface area (Å²) in [5.41, 5.74) is 7.81. The Morgan fingerprint density at radius 3 is 2.52 bits per heavy atom. The maximum Gasteiger partial charge on any atom is 0.413 e. The van der Waals surface area contributed by atoms with Crippen molar-refractivity contribution < 1.29 is 17.6 Å². The largest absolute Gasteiger partial charge is 0.413 e. The molecule has 0 spiro atoms. The number of hydrogen-bond donors (Lipinski definition) is 4. The van der Waals surface area contributed by atoms with Gasteiger partial charge in [0.25, 0.3) is 0 Å². The van der Waals surface area contributed by atoms with E-state index < -0.39 is 23.7 Å². The standard InChI is InChI=1S/C33H29ClF4N8/c1-18-23(9-10-27(35)41-18)31(26-17-46(45-44-26)32(11-12-32)33(36,37)38)42-22-13-24-29(21(15-39)16-40-30(24)25(34)14-22)43-28(20-7-8-20)19-5-3-2-4-6-19/h2-6,9-10,13-14,16-17,20,28,31,42,44-45H,7-8,11-12H2,1H3,(H,40,43)/t28?,31-/m0/s1. The van der Waals surface area contributed by atoms with Crippen molar-refractivity contribution in [2.75, 3.05) is 10.6 Å². The molecule has 7 rings (SSSR count). The number of anilines is 2. The SMILES string of the molecule is Cc1nc(F)ccc1[C@H](Nc1cc(Cl)c2ncc(C#N)c(NC(c3ccccc3)C3CC3)c2c1)C1=CN(C2(C(F)(F)F)CC2)NN1. The molecule has 3 heterocycles. The fraction of sp³-hybridized carbons (Fsp3) is 0.303. The number of nitrogens with zero attached hydrogens (tertiary/aromatic N) is 4. The van der Waals surface area contributed by atoms with E-state index in [1.807, 2.05) is 24.3 Å². The monoisotopic (exact) mass is 648 g/mol. The molecule has 3 aliphatic rings. The van der Waals surface area contributed by atoms with Crippen molar-refractivity contribution in [2.45, 2.75) is 56.4 Å². The lowest BCUT2D eigenvalue weighted by Crippen LogP contribution is -2.52. The fourth-order valence-corrected chi connectivity index (χ4v) is 6.39. The van der Waals surface area contributed by atoms with E-state index in [4.69, 9.17) is 11.6 Å². The van der Waals surface area contributed by atoms with E-state index in [9.17, 15) is 22.8 Å². The van der Waals surface area contributed by atoms with Crippen molar-refractivity contribution in [2.24, 2.45) is 5.92 Å². The Morgan fingerprint density at radius 1 is 1.11 bits per heavy atom. The first-order chi connectivity index (χ1) is 22.1. The van der Waals surface area contributed by atoms with Crippen molar-refractivity contribution in [1.82, 2.24) is 25.9 Å². The first-order valence-electron chi connectivity index (χ1n) is 14.9. The molecule has 4 N–H and O–H groups in total. The van der Waals surface area contributed by atoms with Gasteiger partial charge in [0.2, 0.25) is 5.95 Å². The fourth-order valence-electron chi connectivity index (χ4n) is 6.12. The van der Waals surface area contributed by atoms with Gasteiger partial charge in [-0.2, -0.15) is 22.8 Å². The minimum atomic E-state index is -4.44. The van der Waals surface area contributed by atoms with Gasteiger partial charge in [-0.05, 0) is 62.3 Å². The summed E-state index contributed by atoms with van der Waals surface area (Å²) in [6.45, 7) is 1.63. The minimum absolute atomic E-state index is 0.0387. The summed E-state index contributed by atoms with van der Waals surface area (Å²) >= 11 is 6.79. The second kappa shape index (κ2) is 11.3. The van der Waals surface area contributed by atoms with Crippen LogP contribution >= 0.6 is 11.6 Å². The zero-order valence-electron chi connectivity index (χ0n) is 24.6. The van der Waals surface area contributed by atoms with Gasteiger partial charge in [0, 0.05) is 34.7 Å². The molecule has 2 aromatic carbocycles. The highest BCUT2D eigenvalue weighted by Crippen LogP contribution is 2.54. The van der Waals surface area contributed by atoms with Gasteiger partial charge in [0.15, 0.2) is 5.54 Å². The predicted molar refractivity (Wildman–Crippen MR) is 167 cm³/mol. The molecule has 2 fully saturated rings. The summed E-state index contributed by atoms with van der Waals surface area (Å²) in [5, 5.41) is 19.0. The van der Waals surface area contributed by atoms with Crippen molar-refractivity contribution >= 4 is 33.9 Å². The third-order valence-electron chi connectivity index (χ3n) is 8.92. The maximum absolute atomic E-state index is 14.0. The van der Waals surface area contributed by atoms with E-state index in [1.54, 1.807) is 19.1 Å². The molecule has 8 nitrogen and oxygen atoms in total. The Bertz CT molecular complexity index is 1880. The molecule has 46 heavy (non-hydrogen) atoms. The minimum Gasteiger partial charge on any atom is -0.376 e. The van der Waals surface area contributed by atoms with Gasteiger partial charge in [-0.3, -0.25) is 9.99 Å². The number of hydrazine groups is 2. The van der Waals surface area contributed by atoms with Gasteiger partial charge in [-0.15, -0.1) is 5.53 Å². The molecule has 4 aromatic rings. The summed E-state index contributed by atoms with van der Waals surface area (Å²) < 4.78 is 55.9. The highest BCUT2D eigenvalue weighted by Gasteiger charge is 2.67. The van der Waals surface area contributed by atoms with Gasteiger partial charge in [-0.25, -0.2) is 4.98 Å².